The number of nitrogens with zero attached hydrogens (tertiary/aromatic N) is 2. The van der Waals surface area contributed by atoms with Gasteiger partial charge in [0.2, 0.25) is 0 Å². The fraction of sp³-hybridized carbons (Fsp3) is 0.0588. The van der Waals surface area contributed by atoms with Crippen LogP contribution in [0.25, 0.3) is 0 Å². The van der Waals surface area contributed by atoms with Gasteiger partial charge in [0.15, 0.2) is 0 Å². The number of benzene rings is 2. The first-order chi connectivity index (χ1) is 11.9. The topological polar surface area (TPSA) is 128 Å². The Morgan fingerprint density at radius 2 is 1.96 bits per heavy atom. The van der Waals surface area contributed by atoms with Crippen LogP contribution in [-0.2, 0) is 4.79 Å². The van der Waals surface area contributed by atoms with E-state index >= 15 is 0 Å². The zero-order valence-electron chi connectivity index (χ0n) is 13.2. The van der Waals surface area contributed by atoms with Crippen LogP contribution in [0.1, 0.15) is 5.56 Å². The number of aryl methyl sites for hydroxylation is 1. The van der Waals surface area contributed by atoms with Crippen LogP contribution in [0.15, 0.2) is 54.2 Å². The van der Waals surface area contributed by atoms with Crippen LogP contribution in [0.3, 0.4) is 0 Å². The Kier molecular flexibility index (Phi) is 5.32. The van der Waals surface area contributed by atoms with Crippen molar-refractivity contribution in [2.24, 2.45) is 0 Å². The summed E-state index contributed by atoms with van der Waals surface area (Å²) in [5.74, 6) is -0.544. The number of hydrogen-bond donors (Lipinski definition) is 3. The molecule has 1 amide bonds. The number of carbonyl (C=O) groups is 1. The summed E-state index contributed by atoms with van der Waals surface area (Å²) in [5.41, 5.74) is 1.38. The lowest BCUT2D eigenvalue weighted by Crippen LogP contribution is -2.15. The smallest absolute Gasteiger partial charge is 0.269 e. The second-order valence-electron chi connectivity index (χ2n) is 5.07. The minimum absolute atomic E-state index is 0.0596. The third-order valence-electron chi connectivity index (χ3n) is 3.28. The molecule has 8 nitrogen and oxygen atoms in total. The standard InChI is InChI=1S/C17H14N4O4/c1-11-8-15(22)6-7-16(11)20-17(23)12(9-18)10-19-13-2-4-14(5-3-13)21(24)25/h2-8,10,19,22H,1H3,(H,20,23)/b12-10-. The summed E-state index contributed by atoms with van der Waals surface area (Å²) >= 11 is 0. The van der Waals surface area contributed by atoms with Gasteiger partial charge in [0.25, 0.3) is 11.6 Å². The van der Waals surface area contributed by atoms with Crippen LogP contribution in [-0.4, -0.2) is 15.9 Å². The van der Waals surface area contributed by atoms with E-state index < -0.39 is 10.8 Å². The van der Waals surface area contributed by atoms with Gasteiger partial charge in [-0.05, 0) is 42.8 Å². The Labute approximate surface area is 143 Å². The van der Waals surface area contributed by atoms with E-state index in [1.807, 2.05) is 0 Å². The molecule has 126 valence electrons. The lowest BCUT2D eigenvalue weighted by atomic mass is 10.2. The molecule has 0 heterocycles. The number of carbonyl (C=O) groups excluding carboxylic acids is 1. The van der Waals surface area contributed by atoms with Crippen molar-refractivity contribution in [3.8, 4) is 11.8 Å². The van der Waals surface area contributed by atoms with Crippen molar-refractivity contribution in [2.75, 3.05) is 10.6 Å². The van der Waals surface area contributed by atoms with E-state index in [0.717, 1.165) is 0 Å². The first-order valence-electron chi connectivity index (χ1n) is 7.13. The lowest BCUT2D eigenvalue weighted by molar-refractivity contribution is -0.384. The molecule has 0 aliphatic rings. The number of amides is 1. The summed E-state index contributed by atoms with van der Waals surface area (Å²) in [6.45, 7) is 1.71. The van der Waals surface area contributed by atoms with Gasteiger partial charge in [-0.3, -0.25) is 14.9 Å². The second kappa shape index (κ2) is 7.61. The second-order valence-corrected chi connectivity index (χ2v) is 5.07. The van der Waals surface area contributed by atoms with Gasteiger partial charge in [-0.25, -0.2) is 0 Å². The molecule has 25 heavy (non-hydrogen) atoms. The molecular weight excluding hydrogens is 324 g/mol. The molecule has 0 aromatic heterocycles. The molecule has 2 aromatic carbocycles. The van der Waals surface area contributed by atoms with Crippen molar-refractivity contribution in [3.05, 3.63) is 69.9 Å². The zero-order valence-corrected chi connectivity index (χ0v) is 13.2. The van der Waals surface area contributed by atoms with Gasteiger partial charge in [0.05, 0.1) is 4.92 Å². The van der Waals surface area contributed by atoms with Gasteiger partial charge in [-0.1, -0.05) is 0 Å². The molecule has 0 atom stereocenters. The van der Waals surface area contributed by atoms with Crippen molar-refractivity contribution < 1.29 is 14.8 Å². The molecule has 8 heteroatoms. The SMILES string of the molecule is Cc1cc(O)ccc1NC(=O)/C(C#N)=C\Nc1ccc([N+](=O)[O-])cc1. The average molecular weight is 338 g/mol. The summed E-state index contributed by atoms with van der Waals surface area (Å²) in [6, 6.07) is 11.8. The predicted molar refractivity (Wildman–Crippen MR) is 91.9 cm³/mol. The maximum atomic E-state index is 12.2. The number of anilines is 2. The van der Waals surface area contributed by atoms with Gasteiger partial charge < -0.3 is 15.7 Å². The van der Waals surface area contributed by atoms with Crippen LogP contribution in [0.4, 0.5) is 17.1 Å². The van der Waals surface area contributed by atoms with Gasteiger partial charge in [-0.2, -0.15) is 5.26 Å². The molecule has 0 saturated carbocycles. The summed E-state index contributed by atoms with van der Waals surface area (Å²) in [7, 11) is 0. The van der Waals surface area contributed by atoms with Crippen LogP contribution < -0.4 is 10.6 Å². The molecule has 0 aliphatic carbocycles. The third kappa shape index (κ3) is 4.56. The molecule has 3 N–H and O–H groups in total. The van der Waals surface area contributed by atoms with Crippen LogP contribution >= 0.6 is 0 Å². The quantitative estimate of drug-likeness (QED) is 0.253. The minimum Gasteiger partial charge on any atom is -0.508 e. The summed E-state index contributed by atoms with van der Waals surface area (Å²) in [4.78, 5) is 22.2. The lowest BCUT2D eigenvalue weighted by Gasteiger charge is -2.08. The van der Waals surface area contributed by atoms with E-state index in [0.29, 0.717) is 16.9 Å². The van der Waals surface area contributed by atoms with Crippen LogP contribution in [0, 0.1) is 28.4 Å². The van der Waals surface area contributed by atoms with E-state index in [-0.39, 0.29) is 17.0 Å². The molecule has 0 saturated heterocycles. The Morgan fingerprint density at radius 3 is 2.52 bits per heavy atom. The Bertz CT molecular complexity index is 883. The van der Waals surface area contributed by atoms with E-state index in [9.17, 15) is 20.0 Å². The van der Waals surface area contributed by atoms with Crippen LogP contribution in [0.5, 0.6) is 5.75 Å². The maximum Gasteiger partial charge on any atom is 0.269 e. The van der Waals surface area contributed by atoms with Gasteiger partial charge >= 0.3 is 0 Å². The van der Waals surface area contributed by atoms with Gasteiger partial charge in [0.1, 0.15) is 17.4 Å². The third-order valence-corrected chi connectivity index (χ3v) is 3.28. The highest BCUT2D eigenvalue weighted by Gasteiger charge is 2.11. The molecule has 0 radical (unpaired) electrons. The molecule has 0 spiro atoms. The minimum atomic E-state index is -0.620. The molecule has 0 aliphatic heterocycles. The number of phenols is 1. The van der Waals surface area contributed by atoms with Crippen molar-refractivity contribution >= 4 is 23.0 Å². The summed E-state index contributed by atoms with van der Waals surface area (Å²) in [5, 5.41) is 34.4. The van der Waals surface area contributed by atoms with Crippen molar-refractivity contribution in [1.29, 1.82) is 5.26 Å². The fourth-order valence-electron chi connectivity index (χ4n) is 1.96. The van der Waals surface area contributed by atoms with E-state index in [4.69, 9.17) is 5.26 Å². The highest BCUT2D eigenvalue weighted by atomic mass is 16.6. The largest absolute Gasteiger partial charge is 0.508 e. The number of aromatic hydroxyl groups is 1. The van der Waals surface area contributed by atoms with Gasteiger partial charge in [-0.15, -0.1) is 0 Å². The van der Waals surface area contributed by atoms with Crippen molar-refractivity contribution in [2.45, 2.75) is 6.92 Å². The highest BCUT2D eigenvalue weighted by Crippen LogP contribution is 2.21. The fourth-order valence-corrected chi connectivity index (χ4v) is 1.96. The number of phenolic OH excluding ortho intramolecular Hbond substituents is 1. The molecule has 0 unspecified atom stereocenters. The maximum absolute atomic E-state index is 12.2. The molecule has 0 bridgehead atoms. The normalized spacial score (nSPS) is 10.6. The number of rotatable bonds is 5. The predicted octanol–water partition coefficient (Wildman–Crippen LogP) is 3.07. The number of nitriles is 1. The van der Waals surface area contributed by atoms with Gasteiger partial charge in [0, 0.05) is 29.7 Å². The van der Waals surface area contributed by atoms with Crippen LogP contribution in [0.2, 0.25) is 0 Å². The Morgan fingerprint density at radius 1 is 1.28 bits per heavy atom. The van der Waals surface area contributed by atoms with Crippen molar-refractivity contribution in [3.63, 3.8) is 0 Å². The number of nitro benzene ring substituents is 1. The number of nitro groups is 1. The molecular formula is C17H14N4O4. The van der Waals surface area contributed by atoms with E-state index in [1.54, 1.807) is 13.0 Å². The number of non-ortho nitro benzene ring substituents is 1. The number of hydrogen-bond acceptors (Lipinski definition) is 6. The zero-order chi connectivity index (χ0) is 18.4. The monoisotopic (exact) mass is 338 g/mol. The average Bonchev–Trinajstić information content (AvgIpc) is 2.58. The van der Waals surface area contributed by atoms with Crippen molar-refractivity contribution in [1.82, 2.24) is 0 Å². The molecule has 2 rings (SSSR count). The number of nitrogens with one attached hydrogen (secondary N) is 2. The highest BCUT2D eigenvalue weighted by molar-refractivity contribution is 6.07. The molecule has 0 fully saturated rings. The first-order valence-corrected chi connectivity index (χ1v) is 7.13. The Hall–Kier alpha value is -3.86. The first kappa shape index (κ1) is 17.5. The Balaban J connectivity index is 2.09. The summed E-state index contributed by atoms with van der Waals surface area (Å²) < 4.78 is 0. The van der Waals surface area contributed by atoms with E-state index in [1.165, 1.54) is 48.7 Å². The molecule has 2 aromatic rings. The summed E-state index contributed by atoms with van der Waals surface area (Å²) in [6.07, 6.45) is 1.21. The van der Waals surface area contributed by atoms with E-state index in [2.05, 4.69) is 10.6 Å².